The van der Waals surface area contributed by atoms with E-state index in [0.29, 0.717) is 19.4 Å². The maximum Gasteiger partial charge on any atom is 0.308 e. The van der Waals surface area contributed by atoms with Gasteiger partial charge in [0.1, 0.15) is 0 Å². The first-order valence-corrected chi connectivity index (χ1v) is 5.23. The summed E-state index contributed by atoms with van der Waals surface area (Å²) in [6, 6.07) is 0. The molecule has 1 atom stereocenters. The third-order valence-electron chi connectivity index (χ3n) is 2.68. The van der Waals surface area contributed by atoms with Gasteiger partial charge >= 0.3 is 11.9 Å². The Balaban J connectivity index is 2.43. The summed E-state index contributed by atoms with van der Waals surface area (Å²) in [6.45, 7) is 0.732. The monoisotopic (exact) mass is 229 g/mol. The molecule has 0 saturated carbocycles. The van der Waals surface area contributed by atoms with Crippen LogP contribution in [0.2, 0.25) is 0 Å². The van der Waals surface area contributed by atoms with E-state index in [-0.39, 0.29) is 25.3 Å². The Morgan fingerprint density at radius 1 is 1.19 bits per heavy atom. The van der Waals surface area contributed by atoms with Crippen molar-refractivity contribution in [2.24, 2.45) is 5.92 Å². The van der Waals surface area contributed by atoms with Gasteiger partial charge in [0.25, 0.3) is 0 Å². The van der Waals surface area contributed by atoms with E-state index in [0.717, 1.165) is 0 Å². The van der Waals surface area contributed by atoms with Crippen molar-refractivity contribution in [1.29, 1.82) is 0 Å². The van der Waals surface area contributed by atoms with Crippen molar-refractivity contribution in [1.82, 2.24) is 4.90 Å². The summed E-state index contributed by atoms with van der Waals surface area (Å²) < 4.78 is 0. The van der Waals surface area contributed by atoms with Crippen molar-refractivity contribution < 1.29 is 24.6 Å². The molecule has 1 unspecified atom stereocenters. The van der Waals surface area contributed by atoms with Crippen LogP contribution in [-0.4, -0.2) is 46.0 Å². The zero-order valence-corrected chi connectivity index (χ0v) is 8.89. The topological polar surface area (TPSA) is 94.9 Å². The van der Waals surface area contributed by atoms with Crippen LogP contribution >= 0.6 is 0 Å². The van der Waals surface area contributed by atoms with Crippen LogP contribution in [0.15, 0.2) is 0 Å². The van der Waals surface area contributed by atoms with Gasteiger partial charge in [-0.15, -0.1) is 0 Å². The van der Waals surface area contributed by atoms with Crippen molar-refractivity contribution in [3.63, 3.8) is 0 Å². The highest BCUT2D eigenvalue weighted by atomic mass is 16.4. The zero-order valence-electron chi connectivity index (χ0n) is 8.89. The molecule has 1 saturated heterocycles. The molecule has 1 rings (SSSR count). The second-order valence-corrected chi connectivity index (χ2v) is 3.91. The molecular formula is C10H15NO5. The van der Waals surface area contributed by atoms with Gasteiger partial charge in [0.05, 0.1) is 12.3 Å². The molecule has 0 radical (unpaired) electrons. The quantitative estimate of drug-likeness (QED) is 0.716. The Morgan fingerprint density at radius 2 is 1.88 bits per heavy atom. The number of nitrogens with zero attached hydrogens (tertiary/aromatic N) is 1. The van der Waals surface area contributed by atoms with Gasteiger partial charge in [-0.1, -0.05) is 0 Å². The zero-order chi connectivity index (χ0) is 12.1. The molecule has 1 amide bonds. The molecule has 6 nitrogen and oxygen atoms in total. The molecule has 1 heterocycles. The summed E-state index contributed by atoms with van der Waals surface area (Å²) in [5, 5.41) is 17.3. The van der Waals surface area contributed by atoms with E-state index in [4.69, 9.17) is 10.2 Å². The third-order valence-corrected chi connectivity index (χ3v) is 2.68. The molecule has 0 aliphatic carbocycles. The number of piperidine rings is 1. The molecule has 2 N–H and O–H groups in total. The lowest BCUT2D eigenvalue weighted by Crippen LogP contribution is -2.42. The summed E-state index contributed by atoms with van der Waals surface area (Å²) in [4.78, 5) is 34.0. The molecular weight excluding hydrogens is 214 g/mol. The number of carbonyl (C=O) groups excluding carboxylic acids is 1. The number of amides is 1. The van der Waals surface area contributed by atoms with Gasteiger partial charge in [0.15, 0.2) is 0 Å². The van der Waals surface area contributed by atoms with Crippen LogP contribution in [0.1, 0.15) is 25.7 Å². The minimum atomic E-state index is -1.01. The predicted octanol–water partition coefficient (Wildman–Crippen LogP) is 0.174. The Kier molecular flexibility index (Phi) is 4.28. The fourth-order valence-electron chi connectivity index (χ4n) is 1.78. The third kappa shape index (κ3) is 3.52. The van der Waals surface area contributed by atoms with Crippen LogP contribution in [-0.2, 0) is 14.4 Å². The van der Waals surface area contributed by atoms with Gasteiger partial charge in [-0.05, 0) is 12.8 Å². The molecule has 16 heavy (non-hydrogen) atoms. The maximum atomic E-state index is 11.5. The largest absolute Gasteiger partial charge is 0.481 e. The van der Waals surface area contributed by atoms with Crippen molar-refractivity contribution >= 4 is 17.8 Å². The van der Waals surface area contributed by atoms with E-state index < -0.39 is 17.9 Å². The number of likely N-dealkylation sites (tertiary alicyclic amines) is 1. The number of carboxylic acids is 2. The summed E-state index contributed by atoms with van der Waals surface area (Å²) in [6.07, 6.45) is 0.989. The fourth-order valence-corrected chi connectivity index (χ4v) is 1.78. The van der Waals surface area contributed by atoms with Gasteiger partial charge in [0, 0.05) is 19.5 Å². The summed E-state index contributed by atoms with van der Waals surface area (Å²) in [7, 11) is 0. The smallest absolute Gasteiger partial charge is 0.308 e. The Labute approximate surface area is 92.9 Å². The highest BCUT2D eigenvalue weighted by molar-refractivity contribution is 5.81. The minimum absolute atomic E-state index is 0.0539. The summed E-state index contributed by atoms with van der Waals surface area (Å²) in [5.74, 6) is -2.69. The number of hydrogen-bond acceptors (Lipinski definition) is 3. The molecule has 1 aliphatic rings. The minimum Gasteiger partial charge on any atom is -0.481 e. The van der Waals surface area contributed by atoms with Gasteiger partial charge in [-0.3, -0.25) is 14.4 Å². The van der Waals surface area contributed by atoms with E-state index >= 15 is 0 Å². The van der Waals surface area contributed by atoms with E-state index in [2.05, 4.69) is 0 Å². The average Bonchev–Trinajstić information content (AvgIpc) is 2.26. The molecule has 0 bridgehead atoms. The Bertz CT molecular complexity index is 302. The molecule has 0 aromatic carbocycles. The number of carbonyl (C=O) groups is 3. The molecule has 0 aromatic heterocycles. The first kappa shape index (κ1) is 12.5. The van der Waals surface area contributed by atoms with Gasteiger partial charge in [-0.25, -0.2) is 0 Å². The highest BCUT2D eigenvalue weighted by Crippen LogP contribution is 2.17. The average molecular weight is 229 g/mol. The van der Waals surface area contributed by atoms with E-state index in [9.17, 15) is 14.4 Å². The lowest BCUT2D eigenvalue weighted by Gasteiger charge is -2.30. The predicted molar refractivity (Wildman–Crippen MR) is 53.8 cm³/mol. The van der Waals surface area contributed by atoms with Gasteiger partial charge < -0.3 is 15.1 Å². The lowest BCUT2D eigenvalue weighted by molar-refractivity contribution is -0.147. The molecule has 1 aliphatic heterocycles. The van der Waals surface area contributed by atoms with E-state index in [1.165, 1.54) is 4.90 Å². The van der Waals surface area contributed by atoms with E-state index in [1.807, 2.05) is 0 Å². The molecule has 90 valence electrons. The first-order valence-electron chi connectivity index (χ1n) is 5.23. The van der Waals surface area contributed by atoms with Crippen molar-refractivity contribution in [3.05, 3.63) is 0 Å². The van der Waals surface area contributed by atoms with Gasteiger partial charge in [0.2, 0.25) is 5.91 Å². The lowest BCUT2D eigenvalue weighted by atomic mass is 9.98. The van der Waals surface area contributed by atoms with Crippen LogP contribution in [0.3, 0.4) is 0 Å². The molecule has 0 aromatic rings. The van der Waals surface area contributed by atoms with Crippen LogP contribution in [0.5, 0.6) is 0 Å². The van der Waals surface area contributed by atoms with Crippen LogP contribution in [0.25, 0.3) is 0 Å². The standard InChI is InChI=1S/C10H15NO5/c12-8(3-4-9(13)14)11-5-1-2-7(6-11)10(15)16/h7H,1-6H2,(H,13,14)(H,15,16). The Hall–Kier alpha value is -1.59. The SMILES string of the molecule is O=C(O)CCC(=O)N1CCCC(C(=O)O)C1. The first-order chi connectivity index (χ1) is 7.50. The number of aliphatic carboxylic acids is 2. The molecule has 6 heteroatoms. The number of carboxylic acid groups (broad SMARTS) is 2. The summed E-state index contributed by atoms with van der Waals surface area (Å²) >= 11 is 0. The number of rotatable bonds is 4. The molecule has 1 fully saturated rings. The van der Waals surface area contributed by atoms with Crippen molar-refractivity contribution in [2.45, 2.75) is 25.7 Å². The molecule has 0 spiro atoms. The summed E-state index contributed by atoms with van der Waals surface area (Å²) in [5.41, 5.74) is 0. The normalized spacial score (nSPS) is 20.5. The Morgan fingerprint density at radius 3 is 2.44 bits per heavy atom. The second kappa shape index (κ2) is 5.48. The van der Waals surface area contributed by atoms with Crippen LogP contribution in [0, 0.1) is 5.92 Å². The fraction of sp³-hybridized carbons (Fsp3) is 0.700. The maximum absolute atomic E-state index is 11.5. The van der Waals surface area contributed by atoms with Crippen molar-refractivity contribution in [3.8, 4) is 0 Å². The van der Waals surface area contributed by atoms with Gasteiger partial charge in [-0.2, -0.15) is 0 Å². The number of hydrogen-bond donors (Lipinski definition) is 2. The van der Waals surface area contributed by atoms with Crippen molar-refractivity contribution in [2.75, 3.05) is 13.1 Å². The van der Waals surface area contributed by atoms with E-state index in [1.54, 1.807) is 0 Å². The highest BCUT2D eigenvalue weighted by Gasteiger charge is 2.27. The van der Waals surface area contributed by atoms with Crippen LogP contribution in [0.4, 0.5) is 0 Å². The second-order valence-electron chi connectivity index (χ2n) is 3.91. The van der Waals surface area contributed by atoms with Crippen LogP contribution < -0.4 is 0 Å².